The third-order valence-corrected chi connectivity index (χ3v) is 5.92. The summed E-state index contributed by atoms with van der Waals surface area (Å²) in [5, 5.41) is 0. The van der Waals surface area contributed by atoms with Crippen molar-refractivity contribution in [3.05, 3.63) is 51.4 Å². The van der Waals surface area contributed by atoms with Crippen molar-refractivity contribution in [1.29, 1.82) is 0 Å². The number of sulfonamides is 1. The lowest BCUT2D eigenvalue weighted by atomic mass is 10.4. The number of hydrogen-bond donors (Lipinski definition) is 0. The van der Waals surface area contributed by atoms with E-state index in [9.17, 15) is 12.8 Å². The zero-order chi connectivity index (χ0) is 14.8. The Morgan fingerprint density at radius 1 is 1.20 bits per heavy atom. The average molecular weight is 334 g/mol. The average Bonchev–Trinajstić information content (AvgIpc) is 2.82. The fraction of sp³-hybridized carbons (Fsp3) is 0.231. The van der Waals surface area contributed by atoms with E-state index < -0.39 is 15.8 Å². The minimum absolute atomic E-state index is 0.0865. The molecule has 20 heavy (non-hydrogen) atoms. The van der Waals surface area contributed by atoms with Crippen LogP contribution in [-0.2, 0) is 16.6 Å². The van der Waals surface area contributed by atoms with Gasteiger partial charge in [-0.2, -0.15) is 4.31 Å². The zero-order valence-corrected chi connectivity index (χ0v) is 13.1. The second kappa shape index (κ2) is 6.22. The van der Waals surface area contributed by atoms with Gasteiger partial charge >= 0.3 is 0 Å². The highest BCUT2D eigenvalue weighted by atomic mass is 35.5. The fourth-order valence-electron chi connectivity index (χ4n) is 1.73. The first-order valence-corrected chi connectivity index (χ1v) is 8.57. The van der Waals surface area contributed by atoms with E-state index in [1.165, 1.54) is 27.8 Å². The molecular weight excluding hydrogens is 321 g/mol. The second-order valence-corrected chi connectivity index (χ2v) is 7.83. The Morgan fingerprint density at radius 2 is 1.85 bits per heavy atom. The van der Waals surface area contributed by atoms with E-state index in [0.717, 1.165) is 17.0 Å². The summed E-state index contributed by atoms with van der Waals surface area (Å²) >= 11 is 7.19. The number of rotatable bonds is 5. The van der Waals surface area contributed by atoms with Crippen LogP contribution in [0.2, 0.25) is 4.34 Å². The summed E-state index contributed by atoms with van der Waals surface area (Å²) in [5.41, 5.74) is 0. The number of halogens is 2. The Labute approximate surface area is 126 Å². The van der Waals surface area contributed by atoms with Crippen LogP contribution in [-0.4, -0.2) is 19.3 Å². The van der Waals surface area contributed by atoms with Crippen molar-refractivity contribution >= 4 is 33.0 Å². The van der Waals surface area contributed by atoms with Gasteiger partial charge in [0, 0.05) is 18.0 Å². The van der Waals surface area contributed by atoms with Gasteiger partial charge in [-0.05, 0) is 36.4 Å². The Bertz CT molecular complexity index is 683. The van der Waals surface area contributed by atoms with Gasteiger partial charge in [-0.1, -0.05) is 18.5 Å². The first kappa shape index (κ1) is 15.4. The lowest BCUT2D eigenvalue weighted by molar-refractivity contribution is 0.426. The minimum atomic E-state index is -3.63. The van der Waals surface area contributed by atoms with E-state index in [2.05, 4.69) is 0 Å². The molecule has 0 saturated carbocycles. The van der Waals surface area contributed by atoms with Gasteiger partial charge in [0.15, 0.2) is 0 Å². The number of thiophene rings is 1. The quantitative estimate of drug-likeness (QED) is 0.835. The fourth-order valence-corrected chi connectivity index (χ4v) is 4.35. The molecule has 1 aromatic heterocycles. The van der Waals surface area contributed by atoms with Gasteiger partial charge in [0.25, 0.3) is 0 Å². The van der Waals surface area contributed by atoms with Gasteiger partial charge in [-0.25, -0.2) is 12.8 Å². The zero-order valence-electron chi connectivity index (χ0n) is 10.7. The van der Waals surface area contributed by atoms with Crippen molar-refractivity contribution in [3.8, 4) is 0 Å². The van der Waals surface area contributed by atoms with Gasteiger partial charge in [0.05, 0.1) is 9.23 Å². The molecule has 0 spiro atoms. The summed E-state index contributed by atoms with van der Waals surface area (Å²) in [6, 6.07) is 8.37. The molecule has 0 fully saturated rings. The van der Waals surface area contributed by atoms with Gasteiger partial charge in [0.1, 0.15) is 5.82 Å². The normalized spacial score (nSPS) is 12.0. The molecule has 0 unspecified atom stereocenters. The van der Waals surface area contributed by atoms with Crippen molar-refractivity contribution in [2.45, 2.75) is 18.4 Å². The molecule has 0 N–H and O–H groups in total. The van der Waals surface area contributed by atoms with Crippen LogP contribution in [0.25, 0.3) is 0 Å². The van der Waals surface area contributed by atoms with Crippen molar-refractivity contribution in [1.82, 2.24) is 4.31 Å². The van der Waals surface area contributed by atoms with Gasteiger partial charge in [0.2, 0.25) is 10.0 Å². The molecule has 7 heteroatoms. The van der Waals surface area contributed by atoms with Crippen LogP contribution >= 0.6 is 22.9 Å². The predicted molar refractivity (Wildman–Crippen MR) is 79.0 cm³/mol. The van der Waals surface area contributed by atoms with E-state index in [1.807, 2.05) is 0 Å². The van der Waals surface area contributed by atoms with Crippen molar-refractivity contribution < 1.29 is 12.8 Å². The summed E-state index contributed by atoms with van der Waals surface area (Å²) < 4.78 is 39.8. The summed E-state index contributed by atoms with van der Waals surface area (Å²) in [5.74, 6) is -0.461. The van der Waals surface area contributed by atoms with Crippen LogP contribution in [0, 0.1) is 5.82 Å². The predicted octanol–water partition coefficient (Wildman–Crippen LogP) is 3.75. The molecule has 0 aliphatic heterocycles. The SMILES string of the molecule is CCN(Cc1ccc(Cl)s1)S(=O)(=O)c1ccc(F)cc1. The molecule has 0 atom stereocenters. The lowest BCUT2D eigenvalue weighted by Crippen LogP contribution is -2.30. The Balaban J connectivity index is 2.27. The topological polar surface area (TPSA) is 37.4 Å². The van der Waals surface area contributed by atoms with Gasteiger partial charge in [-0.15, -0.1) is 11.3 Å². The summed E-state index contributed by atoms with van der Waals surface area (Å²) in [6.45, 7) is 2.35. The van der Waals surface area contributed by atoms with Crippen LogP contribution in [0.5, 0.6) is 0 Å². The van der Waals surface area contributed by atoms with Gasteiger partial charge < -0.3 is 0 Å². The molecule has 1 heterocycles. The second-order valence-electron chi connectivity index (χ2n) is 4.09. The monoisotopic (exact) mass is 333 g/mol. The highest BCUT2D eigenvalue weighted by molar-refractivity contribution is 7.89. The molecule has 2 aromatic rings. The number of nitrogens with zero attached hydrogens (tertiary/aromatic N) is 1. The first-order chi connectivity index (χ1) is 9.43. The van der Waals surface area contributed by atoms with E-state index in [-0.39, 0.29) is 11.4 Å². The van der Waals surface area contributed by atoms with E-state index in [0.29, 0.717) is 10.9 Å². The Morgan fingerprint density at radius 3 is 2.35 bits per heavy atom. The summed E-state index contributed by atoms with van der Waals surface area (Å²) in [7, 11) is -3.63. The standard InChI is InChI=1S/C13H13ClFNO2S2/c1-2-16(9-11-5-8-13(14)19-11)20(17,18)12-6-3-10(15)4-7-12/h3-8H,2,9H2,1H3. The van der Waals surface area contributed by atoms with Crippen molar-refractivity contribution in [2.24, 2.45) is 0 Å². The van der Waals surface area contributed by atoms with Gasteiger partial charge in [-0.3, -0.25) is 0 Å². The minimum Gasteiger partial charge on any atom is -0.207 e. The highest BCUT2D eigenvalue weighted by Crippen LogP contribution is 2.25. The number of benzene rings is 1. The molecule has 3 nitrogen and oxygen atoms in total. The third kappa shape index (κ3) is 3.38. The first-order valence-electron chi connectivity index (χ1n) is 5.93. The molecule has 0 aliphatic rings. The maximum atomic E-state index is 12.9. The number of hydrogen-bond acceptors (Lipinski definition) is 3. The van der Waals surface area contributed by atoms with E-state index in [4.69, 9.17) is 11.6 Å². The van der Waals surface area contributed by atoms with Crippen molar-refractivity contribution in [2.75, 3.05) is 6.54 Å². The molecule has 2 rings (SSSR count). The molecule has 0 aliphatic carbocycles. The van der Waals surface area contributed by atoms with Crippen molar-refractivity contribution in [3.63, 3.8) is 0 Å². The summed E-state index contributed by atoms with van der Waals surface area (Å²) in [4.78, 5) is 0.950. The van der Waals surface area contributed by atoms with Crippen LogP contribution in [0.4, 0.5) is 4.39 Å². The Hall–Kier alpha value is -0.950. The molecule has 108 valence electrons. The molecule has 1 aromatic carbocycles. The smallest absolute Gasteiger partial charge is 0.207 e. The Kier molecular flexibility index (Phi) is 4.80. The highest BCUT2D eigenvalue weighted by Gasteiger charge is 2.23. The van der Waals surface area contributed by atoms with Crippen LogP contribution in [0.15, 0.2) is 41.3 Å². The molecule has 0 bridgehead atoms. The van der Waals surface area contributed by atoms with Crippen LogP contribution in [0.1, 0.15) is 11.8 Å². The molecular formula is C13H13ClFNO2S2. The lowest BCUT2D eigenvalue weighted by Gasteiger charge is -2.19. The largest absolute Gasteiger partial charge is 0.243 e. The molecule has 0 radical (unpaired) electrons. The molecule has 0 amide bonds. The molecule has 0 saturated heterocycles. The maximum absolute atomic E-state index is 12.9. The summed E-state index contributed by atoms with van der Waals surface area (Å²) in [6.07, 6.45) is 0. The maximum Gasteiger partial charge on any atom is 0.243 e. The van der Waals surface area contributed by atoms with E-state index >= 15 is 0 Å². The van der Waals surface area contributed by atoms with Crippen LogP contribution < -0.4 is 0 Å². The third-order valence-electron chi connectivity index (χ3n) is 2.77. The van der Waals surface area contributed by atoms with Crippen LogP contribution in [0.3, 0.4) is 0 Å². The van der Waals surface area contributed by atoms with E-state index in [1.54, 1.807) is 19.1 Å².